The van der Waals surface area contributed by atoms with Crippen molar-refractivity contribution < 1.29 is 19.1 Å². The molecule has 5 nitrogen and oxygen atoms in total. The molecule has 0 radical (unpaired) electrons. The first kappa shape index (κ1) is 17.4. The second kappa shape index (κ2) is 8.12. The molecular formula is C18H25NO4S. The van der Waals surface area contributed by atoms with E-state index in [2.05, 4.69) is 5.32 Å². The standard InChI is InChI=1S/C18H25NO4S/c1-2-22-18(21)15-12-8-5-3-4-6-10-14(12)24-17(15)19-16(20)13-9-7-11-23-13/h13H,2-11H2,1H3,(H,19,20)/t13-/m0/s1. The fourth-order valence-electron chi connectivity index (χ4n) is 3.40. The van der Waals surface area contributed by atoms with Crippen molar-refractivity contribution in [2.75, 3.05) is 18.5 Å². The minimum Gasteiger partial charge on any atom is -0.462 e. The number of aryl methyl sites for hydroxylation is 1. The summed E-state index contributed by atoms with van der Waals surface area (Å²) in [6.07, 6.45) is 7.74. The molecule has 2 heterocycles. The van der Waals surface area contributed by atoms with Gasteiger partial charge >= 0.3 is 5.97 Å². The van der Waals surface area contributed by atoms with Gasteiger partial charge in [-0.25, -0.2) is 4.79 Å². The normalized spacial score (nSPS) is 20.8. The molecule has 0 spiro atoms. The predicted octanol–water partition coefficient (Wildman–Crippen LogP) is 3.70. The topological polar surface area (TPSA) is 64.6 Å². The van der Waals surface area contributed by atoms with E-state index >= 15 is 0 Å². The molecule has 1 N–H and O–H groups in total. The van der Waals surface area contributed by atoms with Gasteiger partial charge in [-0.1, -0.05) is 12.8 Å². The molecule has 1 amide bonds. The van der Waals surface area contributed by atoms with Crippen molar-refractivity contribution in [1.82, 2.24) is 0 Å². The number of fused-ring (bicyclic) bond motifs is 1. The molecule has 1 fully saturated rings. The second-order valence-electron chi connectivity index (χ2n) is 6.33. The number of ether oxygens (including phenoxy) is 2. The third-order valence-electron chi connectivity index (χ3n) is 4.61. The fraction of sp³-hybridized carbons (Fsp3) is 0.667. The Morgan fingerprint density at radius 3 is 2.71 bits per heavy atom. The lowest BCUT2D eigenvalue weighted by molar-refractivity contribution is -0.124. The third kappa shape index (κ3) is 3.81. The van der Waals surface area contributed by atoms with Crippen LogP contribution < -0.4 is 5.32 Å². The molecule has 6 heteroatoms. The third-order valence-corrected chi connectivity index (χ3v) is 5.82. The van der Waals surface area contributed by atoms with Crippen LogP contribution in [-0.4, -0.2) is 31.2 Å². The van der Waals surface area contributed by atoms with Gasteiger partial charge in [0.2, 0.25) is 0 Å². The molecule has 1 aliphatic heterocycles. The van der Waals surface area contributed by atoms with Crippen LogP contribution >= 0.6 is 11.3 Å². The lowest BCUT2D eigenvalue weighted by Crippen LogP contribution is -2.27. The molecule has 1 saturated heterocycles. The number of anilines is 1. The summed E-state index contributed by atoms with van der Waals surface area (Å²) in [5.74, 6) is -0.467. The molecule has 24 heavy (non-hydrogen) atoms. The number of hydrogen-bond acceptors (Lipinski definition) is 5. The first-order valence-electron chi connectivity index (χ1n) is 8.94. The molecule has 1 atom stereocenters. The summed E-state index contributed by atoms with van der Waals surface area (Å²) in [5.41, 5.74) is 1.66. The van der Waals surface area contributed by atoms with Gasteiger partial charge in [-0.2, -0.15) is 0 Å². The molecule has 2 aliphatic rings. The van der Waals surface area contributed by atoms with Gasteiger partial charge in [0.15, 0.2) is 0 Å². The molecule has 132 valence electrons. The number of amides is 1. The van der Waals surface area contributed by atoms with E-state index in [0.29, 0.717) is 23.8 Å². The van der Waals surface area contributed by atoms with Crippen LogP contribution in [0.15, 0.2) is 0 Å². The Morgan fingerprint density at radius 2 is 2.00 bits per heavy atom. The van der Waals surface area contributed by atoms with E-state index in [1.54, 1.807) is 6.92 Å². The molecule has 1 aromatic heterocycles. The maximum atomic E-state index is 12.5. The molecule has 0 unspecified atom stereocenters. The summed E-state index contributed by atoms with van der Waals surface area (Å²) >= 11 is 1.54. The maximum Gasteiger partial charge on any atom is 0.341 e. The maximum absolute atomic E-state index is 12.5. The Balaban J connectivity index is 1.89. The van der Waals surface area contributed by atoms with Crippen molar-refractivity contribution in [1.29, 1.82) is 0 Å². The van der Waals surface area contributed by atoms with Gasteiger partial charge in [-0.15, -0.1) is 11.3 Å². The number of rotatable bonds is 4. The van der Waals surface area contributed by atoms with E-state index in [1.807, 2.05) is 0 Å². The highest BCUT2D eigenvalue weighted by atomic mass is 32.1. The zero-order valence-electron chi connectivity index (χ0n) is 14.2. The minimum atomic E-state index is -0.398. The Hall–Kier alpha value is -1.40. The zero-order chi connectivity index (χ0) is 16.9. The summed E-state index contributed by atoms with van der Waals surface area (Å²) in [6, 6.07) is 0. The first-order valence-corrected chi connectivity index (χ1v) is 9.76. The van der Waals surface area contributed by atoms with Gasteiger partial charge in [-0.05, 0) is 51.0 Å². The van der Waals surface area contributed by atoms with Crippen LogP contribution in [0.3, 0.4) is 0 Å². The van der Waals surface area contributed by atoms with Crippen LogP contribution in [0.5, 0.6) is 0 Å². The number of carbonyl (C=O) groups is 2. The SMILES string of the molecule is CCOC(=O)c1c(NC(=O)[C@@H]2CCCO2)sc2c1CCCCCC2. The molecule has 1 aliphatic carbocycles. The molecule has 0 aromatic carbocycles. The van der Waals surface area contributed by atoms with Crippen LogP contribution in [0.25, 0.3) is 0 Å². The average molecular weight is 351 g/mol. The van der Waals surface area contributed by atoms with Crippen LogP contribution in [0.2, 0.25) is 0 Å². The zero-order valence-corrected chi connectivity index (χ0v) is 15.0. The van der Waals surface area contributed by atoms with Crippen molar-refractivity contribution in [3.63, 3.8) is 0 Å². The number of esters is 1. The Morgan fingerprint density at radius 1 is 1.21 bits per heavy atom. The molecular weight excluding hydrogens is 326 g/mol. The largest absolute Gasteiger partial charge is 0.462 e. The van der Waals surface area contributed by atoms with Crippen molar-refractivity contribution in [2.24, 2.45) is 0 Å². The van der Waals surface area contributed by atoms with Gasteiger partial charge in [0.05, 0.1) is 12.2 Å². The minimum absolute atomic E-state index is 0.146. The number of nitrogens with one attached hydrogen (secondary N) is 1. The Kier molecular flexibility index (Phi) is 5.89. The quantitative estimate of drug-likeness (QED) is 0.840. The summed E-state index contributed by atoms with van der Waals surface area (Å²) < 4.78 is 10.7. The highest BCUT2D eigenvalue weighted by Crippen LogP contribution is 2.38. The van der Waals surface area contributed by atoms with Crippen molar-refractivity contribution in [2.45, 2.75) is 64.4 Å². The van der Waals surface area contributed by atoms with Gasteiger partial charge < -0.3 is 14.8 Å². The van der Waals surface area contributed by atoms with Crippen LogP contribution in [-0.2, 0) is 27.1 Å². The predicted molar refractivity (Wildman–Crippen MR) is 93.8 cm³/mol. The van der Waals surface area contributed by atoms with Gasteiger partial charge in [0, 0.05) is 11.5 Å². The molecule has 0 saturated carbocycles. The first-order chi connectivity index (χ1) is 11.7. The summed E-state index contributed by atoms with van der Waals surface area (Å²) in [6.45, 7) is 2.77. The average Bonchev–Trinajstić information content (AvgIpc) is 3.16. The van der Waals surface area contributed by atoms with Gasteiger partial charge in [0.25, 0.3) is 5.91 Å². The highest BCUT2D eigenvalue weighted by Gasteiger charge is 2.29. The lowest BCUT2D eigenvalue weighted by Gasteiger charge is -2.12. The van der Waals surface area contributed by atoms with E-state index in [4.69, 9.17) is 9.47 Å². The van der Waals surface area contributed by atoms with Crippen molar-refractivity contribution >= 4 is 28.2 Å². The summed E-state index contributed by atoms with van der Waals surface area (Å²) in [7, 11) is 0. The number of thiophene rings is 1. The second-order valence-corrected chi connectivity index (χ2v) is 7.44. The smallest absolute Gasteiger partial charge is 0.341 e. The van der Waals surface area contributed by atoms with Crippen molar-refractivity contribution in [3.05, 3.63) is 16.0 Å². The van der Waals surface area contributed by atoms with E-state index < -0.39 is 6.10 Å². The van der Waals surface area contributed by atoms with Gasteiger partial charge in [0.1, 0.15) is 11.1 Å². The Bertz CT molecular complexity index is 604. The van der Waals surface area contributed by atoms with Gasteiger partial charge in [-0.3, -0.25) is 4.79 Å². The van der Waals surface area contributed by atoms with Crippen molar-refractivity contribution in [3.8, 4) is 0 Å². The summed E-state index contributed by atoms with van der Waals surface area (Å²) in [5, 5.41) is 3.58. The van der Waals surface area contributed by atoms with E-state index in [1.165, 1.54) is 29.1 Å². The molecule has 0 bridgehead atoms. The van der Waals surface area contributed by atoms with E-state index in [9.17, 15) is 9.59 Å². The van der Waals surface area contributed by atoms with Crippen LogP contribution in [0.4, 0.5) is 5.00 Å². The van der Waals surface area contributed by atoms with Crippen LogP contribution in [0.1, 0.15) is 66.2 Å². The molecule has 1 aromatic rings. The highest BCUT2D eigenvalue weighted by molar-refractivity contribution is 7.17. The monoisotopic (exact) mass is 351 g/mol. The van der Waals surface area contributed by atoms with Crippen LogP contribution in [0, 0.1) is 0 Å². The fourth-order valence-corrected chi connectivity index (χ4v) is 4.68. The van der Waals surface area contributed by atoms with E-state index in [-0.39, 0.29) is 11.9 Å². The number of carbonyl (C=O) groups excluding carboxylic acids is 2. The lowest BCUT2D eigenvalue weighted by atomic mass is 9.96. The summed E-state index contributed by atoms with van der Waals surface area (Å²) in [4.78, 5) is 26.1. The molecule has 3 rings (SSSR count). The van der Waals surface area contributed by atoms with E-state index in [0.717, 1.165) is 44.1 Å². The Labute approximate surface area is 146 Å². The number of hydrogen-bond donors (Lipinski definition) is 1.